The highest BCUT2D eigenvalue weighted by Gasteiger charge is 2.00. The van der Waals surface area contributed by atoms with Crippen LogP contribution in [-0.4, -0.2) is 13.1 Å². The van der Waals surface area contributed by atoms with E-state index in [2.05, 4.69) is 89.5 Å². The van der Waals surface area contributed by atoms with Gasteiger partial charge in [-0.2, -0.15) is 0 Å². The fraction of sp³-hybridized carbons (Fsp3) is 0.154. The van der Waals surface area contributed by atoms with Gasteiger partial charge in [-0.1, -0.05) is 61.6 Å². The number of rotatable bonds is 6. The van der Waals surface area contributed by atoms with E-state index >= 15 is 0 Å². The van der Waals surface area contributed by atoms with Crippen molar-refractivity contribution in [1.29, 1.82) is 0 Å². The van der Waals surface area contributed by atoms with Gasteiger partial charge in [-0.3, -0.25) is 0 Å². The Kier molecular flexibility index (Phi) is 10.2. The van der Waals surface area contributed by atoms with Crippen LogP contribution in [0.1, 0.15) is 33.4 Å². The summed E-state index contributed by atoms with van der Waals surface area (Å²) in [6.45, 7) is 1.41. The van der Waals surface area contributed by atoms with Crippen molar-refractivity contribution in [3.8, 4) is 23.7 Å². The van der Waals surface area contributed by atoms with E-state index in [1.54, 1.807) is 0 Å². The first kappa shape index (κ1) is 24.9. The van der Waals surface area contributed by atoms with Crippen molar-refractivity contribution in [2.75, 3.05) is 13.1 Å². The molecule has 0 aliphatic carbocycles. The zero-order valence-corrected chi connectivity index (χ0v) is 21.8. The predicted molar refractivity (Wildman–Crippen MR) is 142 cm³/mol. The number of hydrogen-bond acceptors (Lipinski definition) is 2. The average molecular weight is 591 g/mol. The SMILES string of the molecule is ClNCCc1cc(Br)cc(C#Cc2cccc(C#Cc3cc(Br)cc(CCNCl)c3)c2)c1. The lowest BCUT2D eigenvalue weighted by atomic mass is 10.1. The Morgan fingerprint density at radius 2 is 1.03 bits per heavy atom. The van der Waals surface area contributed by atoms with Crippen molar-refractivity contribution in [3.63, 3.8) is 0 Å². The molecule has 0 aromatic heterocycles. The van der Waals surface area contributed by atoms with E-state index in [4.69, 9.17) is 23.6 Å². The van der Waals surface area contributed by atoms with Crippen molar-refractivity contribution in [2.24, 2.45) is 0 Å². The van der Waals surface area contributed by atoms with Gasteiger partial charge < -0.3 is 0 Å². The molecule has 0 aliphatic rings. The van der Waals surface area contributed by atoms with E-state index in [0.717, 1.165) is 44.0 Å². The van der Waals surface area contributed by atoms with Gasteiger partial charge in [0.15, 0.2) is 0 Å². The van der Waals surface area contributed by atoms with Gasteiger partial charge in [-0.25, -0.2) is 9.67 Å². The first-order valence-electron chi connectivity index (χ1n) is 9.96. The van der Waals surface area contributed by atoms with Crippen molar-refractivity contribution in [2.45, 2.75) is 12.8 Å². The van der Waals surface area contributed by atoms with E-state index in [-0.39, 0.29) is 0 Å². The molecule has 2 N–H and O–H groups in total. The van der Waals surface area contributed by atoms with Crippen LogP contribution in [-0.2, 0) is 12.8 Å². The van der Waals surface area contributed by atoms with Crippen LogP contribution < -0.4 is 9.67 Å². The normalized spacial score (nSPS) is 10.1. The maximum atomic E-state index is 5.58. The maximum Gasteiger partial charge on any atom is 0.0263 e. The number of nitrogens with one attached hydrogen (secondary N) is 2. The number of hydrogen-bond donors (Lipinski definition) is 2. The van der Waals surface area contributed by atoms with Crippen molar-refractivity contribution < 1.29 is 0 Å². The minimum atomic E-state index is 0.703. The summed E-state index contributed by atoms with van der Waals surface area (Å²) >= 11 is 18.3. The minimum absolute atomic E-state index is 0.703. The second-order valence-corrected chi connectivity index (χ2v) is 9.41. The standard InChI is InChI=1S/C26H20Br2Cl2N2/c27-25-15-21(13-23(17-25)8-10-31-29)6-4-19-2-1-3-20(12-19)5-7-22-14-24(9-11-32-30)18-26(28)16-22/h1-3,12-18,31-32H,8-11H2. The second-order valence-electron chi connectivity index (χ2n) is 7.04. The third-order valence-electron chi connectivity index (χ3n) is 4.50. The summed E-state index contributed by atoms with van der Waals surface area (Å²) in [6.07, 6.45) is 1.67. The molecule has 0 atom stereocenters. The largest absolute Gasteiger partial charge is 0.233 e. The van der Waals surface area contributed by atoms with Gasteiger partial charge in [0.05, 0.1) is 0 Å². The number of halogens is 4. The third kappa shape index (κ3) is 8.30. The molecule has 3 rings (SSSR count). The molecular weight excluding hydrogens is 571 g/mol. The van der Waals surface area contributed by atoms with Crippen molar-refractivity contribution >= 4 is 55.4 Å². The molecule has 0 saturated heterocycles. The third-order valence-corrected chi connectivity index (χ3v) is 5.79. The molecule has 0 saturated carbocycles. The molecule has 0 amide bonds. The monoisotopic (exact) mass is 588 g/mol. The fourth-order valence-corrected chi connectivity index (χ4v) is 4.35. The molecule has 3 aromatic rings. The van der Waals surface area contributed by atoms with Gasteiger partial charge in [-0.05, 0) is 102 Å². The highest BCUT2D eigenvalue weighted by molar-refractivity contribution is 9.10. The molecule has 0 spiro atoms. The Bertz CT molecular complexity index is 1110. The summed E-state index contributed by atoms with van der Waals surface area (Å²) in [5.41, 5.74) is 6.09. The Labute approximate surface area is 216 Å². The lowest BCUT2D eigenvalue weighted by molar-refractivity contribution is 0.898. The van der Waals surface area contributed by atoms with Gasteiger partial charge in [0, 0.05) is 44.3 Å². The van der Waals surface area contributed by atoms with Crippen LogP contribution in [0.5, 0.6) is 0 Å². The fourth-order valence-electron chi connectivity index (χ4n) is 3.08. The van der Waals surface area contributed by atoms with Crippen molar-refractivity contribution in [1.82, 2.24) is 9.67 Å². The topological polar surface area (TPSA) is 24.1 Å². The predicted octanol–water partition coefficient (Wildman–Crippen LogP) is 6.58. The van der Waals surface area contributed by atoms with Gasteiger partial charge in [-0.15, -0.1) is 0 Å². The Morgan fingerprint density at radius 3 is 1.47 bits per heavy atom. The van der Waals surface area contributed by atoms with Gasteiger partial charge in [0.25, 0.3) is 0 Å². The second kappa shape index (κ2) is 13.1. The van der Waals surface area contributed by atoms with E-state index in [9.17, 15) is 0 Å². The molecule has 0 fully saturated rings. The van der Waals surface area contributed by atoms with Crippen molar-refractivity contribution in [3.05, 3.63) is 103 Å². The van der Waals surface area contributed by atoms with E-state index < -0.39 is 0 Å². The summed E-state index contributed by atoms with van der Waals surface area (Å²) in [4.78, 5) is 5.31. The van der Waals surface area contributed by atoms with Crippen LogP contribution in [0.25, 0.3) is 0 Å². The molecule has 3 aromatic carbocycles. The molecular formula is C26H20Br2Cl2N2. The highest BCUT2D eigenvalue weighted by atomic mass is 79.9. The number of benzene rings is 3. The minimum Gasteiger partial charge on any atom is -0.233 e. The molecule has 0 radical (unpaired) electrons. The molecule has 0 unspecified atom stereocenters. The Morgan fingerprint density at radius 1 is 0.594 bits per heavy atom. The molecule has 0 bridgehead atoms. The van der Waals surface area contributed by atoms with Crippen LogP contribution >= 0.6 is 55.4 Å². The summed E-state index contributed by atoms with van der Waals surface area (Å²) < 4.78 is 2.01. The smallest absolute Gasteiger partial charge is 0.0263 e. The van der Waals surface area contributed by atoms with E-state index in [1.807, 2.05) is 36.4 Å². The quantitative estimate of drug-likeness (QED) is 0.250. The lowest BCUT2D eigenvalue weighted by Gasteiger charge is -2.02. The van der Waals surface area contributed by atoms with E-state index in [0.29, 0.717) is 13.1 Å². The Balaban J connectivity index is 1.79. The first-order valence-corrected chi connectivity index (χ1v) is 12.3. The van der Waals surface area contributed by atoms with Crippen LogP contribution in [0.4, 0.5) is 0 Å². The molecule has 2 nitrogen and oxygen atoms in total. The average Bonchev–Trinajstić information content (AvgIpc) is 2.78. The highest BCUT2D eigenvalue weighted by Crippen LogP contribution is 2.17. The Hall–Kier alpha value is -1.76. The summed E-state index contributed by atoms with van der Waals surface area (Å²) in [6, 6.07) is 20.3. The molecule has 6 heteroatoms. The van der Waals surface area contributed by atoms with Gasteiger partial charge in [0.1, 0.15) is 0 Å². The van der Waals surface area contributed by atoms with E-state index in [1.165, 1.54) is 11.1 Å². The van der Waals surface area contributed by atoms with Crippen LogP contribution in [0, 0.1) is 23.7 Å². The molecule has 32 heavy (non-hydrogen) atoms. The lowest BCUT2D eigenvalue weighted by Crippen LogP contribution is -2.04. The van der Waals surface area contributed by atoms with Crippen LogP contribution in [0.15, 0.2) is 69.6 Å². The summed E-state index contributed by atoms with van der Waals surface area (Å²) in [7, 11) is 0. The summed E-state index contributed by atoms with van der Waals surface area (Å²) in [5, 5.41) is 0. The molecule has 0 aliphatic heterocycles. The maximum absolute atomic E-state index is 5.58. The molecule has 0 heterocycles. The van der Waals surface area contributed by atoms with Crippen LogP contribution in [0.2, 0.25) is 0 Å². The summed E-state index contributed by atoms with van der Waals surface area (Å²) in [5.74, 6) is 13.0. The van der Waals surface area contributed by atoms with Gasteiger partial charge >= 0.3 is 0 Å². The van der Waals surface area contributed by atoms with Crippen LogP contribution in [0.3, 0.4) is 0 Å². The first-order chi connectivity index (χ1) is 15.6. The zero-order valence-electron chi connectivity index (χ0n) is 17.1. The van der Waals surface area contributed by atoms with Gasteiger partial charge in [0.2, 0.25) is 0 Å². The zero-order chi connectivity index (χ0) is 22.8. The molecule has 162 valence electrons.